The van der Waals surface area contributed by atoms with E-state index < -0.39 is 28.1 Å². The first-order valence-electron chi connectivity index (χ1n) is 25.4. The van der Waals surface area contributed by atoms with E-state index in [1.54, 1.807) is 24.8 Å². The number of aromatic nitrogens is 1. The molecule has 382 valence electrons. The Kier molecular flexibility index (Phi) is 15.9. The number of fused-ring (bicyclic) bond motifs is 1. The number of hydrogen-bond acceptors (Lipinski definition) is 7. The van der Waals surface area contributed by atoms with Gasteiger partial charge in [-0.2, -0.15) is 0 Å². The van der Waals surface area contributed by atoms with Gasteiger partial charge in [-0.3, -0.25) is 9.59 Å². The van der Waals surface area contributed by atoms with Gasteiger partial charge in [0, 0.05) is 63.8 Å². The predicted molar refractivity (Wildman–Crippen MR) is 295 cm³/mol. The average Bonchev–Trinajstić information content (AvgIpc) is 4.11. The minimum Gasteiger partial charge on any atom is -0.444 e. The number of piperidine rings is 1. The van der Waals surface area contributed by atoms with Crippen molar-refractivity contribution in [3.05, 3.63) is 124 Å². The zero-order valence-corrected chi connectivity index (χ0v) is 47.6. The molecule has 0 radical (unpaired) electrons. The molecule has 4 aromatic carbocycles. The smallest absolute Gasteiger partial charge is 0.410 e. The molecule has 2 fully saturated rings. The minimum absolute atomic E-state index is 0.0165. The largest absolute Gasteiger partial charge is 0.444 e. The van der Waals surface area contributed by atoms with Gasteiger partial charge in [-0.25, -0.2) is 9.18 Å². The molecule has 9 nitrogen and oxygen atoms in total. The number of carbonyl (C=O) groups is 2. The Morgan fingerprint density at radius 1 is 0.789 bits per heavy atom. The van der Waals surface area contributed by atoms with Crippen LogP contribution in [0.25, 0.3) is 21.9 Å². The number of halogens is 1. The number of thioether (sulfide) groups is 1. The highest BCUT2D eigenvalue weighted by Gasteiger charge is 2.51. The lowest BCUT2D eigenvalue weighted by atomic mass is 9.94. The van der Waals surface area contributed by atoms with Crippen molar-refractivity contribution in [2.24, 2.45) is 5.41 Å². The fourth-order valence-corrected chi connectivity index (χ4v) is 16.6. The number of amides is 2. The van der Waals surface area contributed by atoms with Crippen LogP contribution >= 0.6 is 11.8 Å². The van der Waals surface area contributed by atoms with Crippen LogP contribution < -0.4 is 21.2 Å². The number of hydrogen-bond donors (Lipinski definition) is 1. The maximum atomic E-state index is 15.7. The lowest BCUT2D eigenvalue weighted by Crippen LogP contribution is -2.67. The Labute approximate surface area is 428 Å². The minimum atomic E-state index is -2.99. The van der Waals surface area contributed by atoms with E-state index >= 15 is 4.39 Å². The van der Waals surface area contributed by atoms with Crippen molar-refractivity contribution in [3.8, 4) is 11.1 Å². The number of carbonyl (C=O) groups excluding carboxylic acids is 2. The second kappa shape index (κ2) is 20.8. The molecule has 2 aliphatic rings. The third kappa shape index (κ3) is 12.5. The summed E-state index contributed by atoms with van der Waals surface area (Å²) in [5.41, 5.74) is 0.820. The predicted octanol–water partition coefficient (Wildman–Crippen LogP) is 12.5. The van der Waals surface area contributed by atoms with E-state index in [4.69, 9.17) is 13.6 Å². The summed E-state index contributed by atoms with van der Waals surface area (Å²) in [6, 6.07) is 29.7. The van der Waals surface area contributed by atoms with E-state index in [9.17, 15) is 14.4 Å². The van der Waals surface area contributed by atoms with Crippen LogP contribution in [-0.2, 0) is 20.1 Å². The lowest BCUT2D eigenvalue weighted by molar-refractivity contribution is 0.00363. The summed E-state index contributed by atoms with van der Waals surface area (Å²) in [6.45, 7) is 31.4. The molecule has 2 amide bonds. The average molecular weight is 1020 g/mol. The zero-order chi connectivity index (χ0) is 51.9. The van der Waals surface area contributed by atoms with E-state index in [0.717, 1.165) is 33.5 Å². The molecule has 1 aliphatic carbocycles. The number of likely N-dealkylation sites (tertiary alicyclic amines) is 1. The SMILES string of the molecule is Cc1c(F)cc(C(=O)NC2CC2)cc1-c1ccc2c(=O)n(CC(C)(C)CO[Si](C)(C)C(C)(C)C)cc(S[C@H]3CCN(C(=O)OC(C)(C)C)[C@H](CO[Si](c4ccccc4)(c4ccccc4)C(C)(C)C)C3)c2c1. The normalized spacial score (nSPS) is 17.4. The topological polar surface area (TPSA) is 99.1 Å². The van der Waals surface area contributed by atoms with Crippen LogP contribution in [0.3, 0.4) is 0 Å². The van der Waals surface area contributed by atoms with Gasteiger partial charge in [0.25, 0.3) is 19.8 Å². The first-order valence-corrected chi connectivity index (χ1v) is 31.1. The van der Waals surface area contributed by atoms with Crippen LogP contribution in [0.4, 0.5) is 9.18 Å². The molecule has 1 aliphatic heterocycles. The van der Waals surface area contributed by atoms with Gasteiger partial charge in [-0.05, 0) is 128 Å². The maximum absolute atomic E-state index is 15.7. The van der Waals surface area contributed by atoms with Crippen molar-refractivity contribution < 1.29 is 27.6 Å². The van der Waals surface area contributed by atoms with Crippen molar-refractivity contribution in [3.63, 3.8) is 0 Å². The zero-order valence-electron chi connectivity index (χ0n) is 44.8. The van der Waals surface area contributed by atoms with E-state index in [1.807, 2.05) is 66.8 Å². The van der Waals surface area contributed by atoms with Gasteiger partial charge in [-0.15, -0.1) is 11.8 Å². The Bertz CT molecular complexity index is 2740. The molecule has 13 heteroatoms. The van der Waals surface area contributed by atoms with Crippen LogP contribution in [0.2, 0.25) is 23.2 Å². The Balaban J connectivity index is 1.30. The molecule has 0 spiro atoms. The van der Waals surface area contributed by atoms with Gasteiger partial charge in [0.15, 0.2) is 8.32 Å². The molecule has 1 saturated carbocycles. The first kappa shape index (κ1) is 54.2. The fourth-order valence-electron chi connectivity index (χ4n) is 9.45. The number of rotatable bonds is 15. The molecular weight excluding hydrogens is 942 g/mol. The second-order valence-corrected chi connectivity index (χ2v) is 34.8. The van der Waals surface area contributed by atoms with Gasteiger partial charge in [-0.1, -0.05) is 122 Å². The molecule has 1 saturated heterocycles. The Morgan fingerprint density at radius 3 is 1.97 bits per heavy atom. The van der Waals surface area contributed by atoms with Gasteiger partial charge in [0.05, 0.1) is 12.6 Å². The number of benzene rings is 4. The highest BCUT2D eigenvalue weighted by molar-refractivity contribution is 8.00. The van der Waals surface area contributed by atoms with Crippen molar-refractivity contribution in [2.75, 3.05) is 19.8 Å². The van der Waals surface area contributed by atoms with E-state index in [1.165, 1.54) is 6.07 Å². The third-order valence-corrected chi connectivity index (χ3v) is 25.4. The maximum Gasteiger partial charge on any atom is 0.410 e. The van der Waals surface area contributed by atoms with Gasteiger partial charge in [0.2, 0.25) is 0 Å². The summed E-state index contributed by atoms with van der Waals surface area (Å²) in [7, 11) is -5.07. The quantitative estimate of drug-likeness (QED) is 0.104. The summed E-state index contributed by atoms with van der Waals surface area (Å²) < 4.78 is 38.0. The molecule has 0 unspecified atom stereocenters. The van der Waals surface area contributed by atoms with Crippen molar-refractivity contribution in [1.29, 1.82) is 0 Å². The summed E-state index contributed by atoms with van der Waals surface area (Å²) in [6.07, 6.45) is 4.76. The number of nitrogens with zero attached hydrogens (tertiary/aromatic N) is 2. The third-order valence-electron chi connectivity index (χ3n) is 14.6. The molecule has 1 aromatic heterocycles. The van der Waals surface area contributed by atoms with E-state index in [-0.39, 0.29) is 55.9 Å². The fraction of sp³-hybridized carbons (Fsp3) is 0.500. The summed E-state index contributed by atoms with van der Waals surface area (Å²) in [5, 5.41) is 6.42. The van der Waals surface area contributed by atoms with Crippen LogP contribution in [0.1, 0.15) is 118 Å². The van der Waals surface area contributed by atoms with Crippen molar-refractivity contribution in [1.82, 2.24) is 14.8 Å². The van der Waals surface area contributed by atoms with E-state index in [0.29, 0.717) is 61.2 Å². The molecule has 2 heterocycles. The number of nitrogens with one attached hydrogen (secondary N) is 1. The highest BCUT2D eigenvalue weighted by Crippen LogP contribution is 2.42. The molecule has 1 N–H and O–H groups in total. The number of pyridine rings is 1. The molecule has 71 heavy (non-hydrogen) atoms. The monoisotopic (exact) mass is 1020 g/mol. The summed E-state index contributed by atoms with van der Waals surface area (Å²) in [4.78, 5) is 45.0. The van der Waals surface area contributed by atoms with Crippen molar-refractivity contribution in [2.45, 2.75) is 166 Å². The van der Waals surface area contributed by atoms with Gasteiger partial charge < -0.3 is 28.4 Å². The number of ether oxygens (including phenoxy) is 1. The molecule has 2 atom stereocenters. The summed E-state index contributed by atoms with van der Waals surface area (Å²) in [5.74, 6) is -0.752. The molecule has 0 bridgehead atoms. The second-order valence-electron chi connectivity index (χ2n) is 24.3. The Morgan fingerprint density at radius 2 is 1.41 bits per heavy atom. The molecule has 5 aromatic rings. The van der Waals surface area contributed by atoms with E-state index in [2.05, 4.69) is 122 Å². The lowest BCUT2D eigenvalue weighted by Gasteiger charge is -2.46. The van der Waals surface area contributed by atoms with Crippen molar-refractivity contribution >= 4 is 61.5 Å². The standard InChI is InChI=1S/C58H78FN3O6SSi2/c1-39-48(32-41(33-50(39)59)52(63)60-42-26-27-42)40-25-28-47-49(31-40)51(35-61(53(47)64)37-58(11,12)38-67-70(13,14)56(5,6)7)69-44-29-30-62(54(65)68-55(2,3)4)43(34-44)36-66-71(57(8,9)10,45-21-17-15-18-22-45)46-23-19-16-20-24-46/h15-25,28,31-33,35,42-44H,26-27,29-30,34,36-38H2,1-14H3,(H,60,63)/t43-,44-/m0/s1. The van der Waals surface area contributed by atoms with Crippen LogP contribution in [0, 0.1) is 18.2 Å². The van der Waals surface area contributed by atoms with Gasteiger partial charge in [0.1, 0.15) is 11.4 Å². The molecular formula is C58H78FN3O6SSi2. The van der Waals surface area contributed by atoms with Crippen LogP contribution in [-0.4, -0.2) is 80.8 Å². The highest BCUT2D eigenvalue weighted by atomic mass is 32.2. The summed E-state index contributed by atoms with van der Waals surface area (Å²) >= 11 is 1.71. The Hall–Kier alpha value is -4.54. The van der Waals surface area contributed by atoms with Crippen LogP contribution in [0.15, 0.2) is 107 Å². The van der Waals surface area contributed by atoms with Crippen LogP contribution in [0.5, 0.6) is 0 Å². The first-order chi connectivity index (χ1) is 33.1. The molecule has 7 rings (SSSR count). The van der Waals surface area contributed by atoms with Gasteiger partial charge >= 0.3 is 6.09 Å².